The van der Waals surface area contributed by atoms with Gasteiger partial charge in [-0.25, -0.2) is 9.37 Å². The van der Waals surface area contributed by atoms with Crippen LogP contribution in [0.1, 0.15) is 12.0 Å². The summed E-state index contributed by atoms with van der Waals surface area (Å²) in [4.78, 5) is 21.3. The molecule has 1 spiro atoms. The van der Waals surface area contributed by atoms with Crippen LogP contribution in [0.4, 0.5) is 10.2 Å². The van der Waals surface area contributed by atoms with Crippen LogP contribution in [0.3, 0.4) is 0 Å². The molecule has 6 nitrogen and oxygen atoms in total. The Balaban J connectivity index is 1.47. The molecule has 0 unspecified atom stereocenters. The number of fused-ring (bicyclic) bond motifs is 1. The molecule has 0 radical (unpaired) electrons. The first kappa shape index (κ1) is 22.5. The van der Waals surface area contributed by atoms with Gasteiger partial charge in [-0.1, -0.05) is 36.9 Å². The highest BCUT2D eigenvalue weighted by Gasteiger charge is 2.49. The second-order valence-corrected chi connectivity index (χ2v) is 10.1. The number of carbonyl (C=O) groups excluding carboxylic acids is 1. The number of halogens is 1. The summed E-state index contributed by atoms with van der Waals surface area (Å²) >= 11 is 0. The molecule has 0 saturated carbocycles. The first-order valence-corrected chi connectivity index (χ1v) is 12.2. The number of benzene rings is 2. The Kier molecular flexibility index (Phi) is 5.18. The third-order valence-corrected chi connectivity index (χ3v) is 7.74. The highest BCUT2D eigenvalue weighted by atomic mass is 19.1. The van der Waals surface area contributed by atoms with Crippen molar-refractivity contribution in [3.05, 3.63) is 78.8 Å². The maximum Gasteiger partial charge on any atom is 0.245 e. The van der Waals surface area contributed by atoms with Crippen molar-refractivity contribution >= 4 is 22.6 Å². The Morgan fingerprint density at radius 1 is 1.14 bits per heavy atom. The van der Waals surface area contributed by atoms with Gasteiger partial charge in [0, 0.05) is 72.5 Å². The van der Waals surface area contributed by atoms with E-state index in [1.165, 1.54) is 12.1 Å². The molecule has 2 aromatic carbocycles. The van der Waals surface area contributed by atoms with Crippen LogP contribution in [0.2, 0.25) is 0 Å². The average Bonchev–Trinajstić information content (AvgIpc) is 3.50. The highest BCUT2D eigenvalue weighted by molar-refractivity contribution is 6.00. The van der Waals surface area contributed by atoms with Gasteiger partial charge >= 0.3 is 0 Å². The molecule has 4 aromatic rings. The number of rotatable bonds is 4. The monoisotopic (exact) mass is 481 g/mol. The van der Waals surface area contributed by atoms with Crippen molar-refractivity contribution in [2.24, 2.45) is 12.5 Å². The van der Waals surface area contributed by atoms with Gasteiger partial charge in [0.05, 0.1) is 11.2 Å². The van der Waals surface area contributed by atoms with Gasteiger partial charge in [0.25, 0.3) is 0 Å². The summed E-state index contributed by atoms with van der Waals surface area (Å²) in [5.41, 5.74) is 5.34. The topological polar surface area (TPSA) is 54.3 Å². The van der Waals surface area contributed by atoms with Crippen LogP contribution in [0.5, 0.6) is 0 Å². The predicted octanol–water partition coefficient (Wildman–Crippen LogP) is 4.97. The van der Waals surface area contributed by atoms with E-state index in [4.69, 9.17) is 4.98 Å². The maximum absolute atomic E-state index is 15.1. The first-order chi connectivity index (χ1) is 17.4. The Bertz CT molecular complexity index is 1520. The summed E-state index contributed by atoms with van der Waals surface area (Å²) in [5, 5.41) is 5.23. The van der Waals surface area contributed by atoms with Gasteiger partial charge in [0.2, 0.25) is 5.91 Å². The summed E-state index contributed by atoms with van der Waals surface area (Å²) in [6.07, 6.45) is 4.16. The third kappa shape index (κ3) is 3.49. The van der Waals surface area contributed by atoms with Crippen LogP contribution < -0.4 is 4.90 Å². The molecular weight excluding hydrogens is 453 g/mol. The summed E-state index contributed by atoms with van der Waals surface area (Å²) < 4.78 is 16.9. The van der Waals surface area contributed by atoms with E-state index in [1.807, 2.05) is 47.8 Å². The van der Waals surface area contributed by atoms with E-state index in [2.05, 4.69) is 28.7 Å². The van der Waals surface area contributed by atoms with Crippen molar-refractivity contribution in [3.8, 4) is 22.4 Å². The zero-order valence-corrected chi connectivity index (χ0v) is 20.5. The fourth-order valence-corrected chi connectivity index (χ4v) is 5.91. The largest absolute Gasteiger partial charge is 0.356 e. The minimum Gasteiger partial charge on any atom is -0.356 e. The highest BCUT2D eigenvalue weighted by Crippen LogP contribution is 2.44. The van der Waals surface area contributed by atoms with E-state index >= 15 is 4.39 Å². The van der Waals surface area contributed by atoms with Crippen molar-refractivity contribution < 1.29 is 9.18 Å². The summed E-state index contributed by atoms with van der Waals surface area (Å²) in [5.74, 6) is 0.627. The second kappa shape index (κ2) is 8.29. The number of anilines is 1. The minimum absolute atomic E-state index is 0.0105. The van der Waals surface area contributed by atoms with E-state index in [0.717, 1.165) is 71.7 Å². The van der Waals surface area contributed by atoms with Crippen LogP contribution in [0.25, 0.3) is 33.3 Å². The molecule has 36 heavy (non-hydrogen) atoms. The Labute approximate surface area is 209 Å². The molecular formula is C29H28FN5O. The van der Waals surface area contributed by atoms with Gasteiger partial charge in [-0.2, -0.15) is 5.10 Å². The van der Waals surface area contributed by atoms with Crippen LogP contribution in [-0.4, -0.2) is 51.8 Å². The van der Waals surface area contributed by atoms with Gasteiger partial charge in [-0.3, -0.25) is 9.48 Å². The molecule has 7 heteroatoms. The van der Waals surface area contributed by atoms with Gasteiger partial charge in [-0.05, 0) is 37.6 Å². The normalized spacial score (nSPS) is 16.5. The lowest BCUT2D eigenvalue weighted by Gasteiger charge is -2.47. The van der Waals surface area contributed by atoms with E-state index in [0.29, 0.717) is 5.56 Å². The van der Waals surface area contributed by atoms with Crippen LogP contribution in [-0.2, 0) is 11.8 Å². The van der Waals surface area contributed by atoms with Crippen LogP contribution in [0.15, 0.2) is 67.4 Å². The number of aromatic nitrogens is 3. The molecule has 0 atom stereocenters. The standard InChI is InChI=1S/C29H28FN5O/c1-4-26(36)35-17-29(18-35)12-14-34(16-29)28-19(2)27(21-7-5-6-8-23(21)30)22-10-9-20(15-24(22)32-28)25-11-13-31-33(25)3/h4-11,13,15H,1,12,14,16-18H2,2-3H3. The van der Waals surface area contributed by atoms with Crippen molar-refractivity contribution in [3.63, 3.8) is 0 Å². The van der Waals surface area contributed by atoms with Crippen LogP contribution >= 0.6 is 0 Å². The van der Waals surface area contributed by atoms with Crippen molar-refractivity contribution in [2.75, 3.05) is 31.1 Å². The average molecular weight is 482 g/mol. The third-order valence-electron chi connectivity index (χ3n) is 7.74. The van der Waals surface area contributed by atoms with Gasteiger partial charge in [0.15, 0.2) is 0 Å². The van der Waals surface area contributed by atoms with E-state index < -0.39 is 0 Å². The molecule has 2 aliphatic rings. The molecule has 182 valence electrons. The van der Waals surface area contributed by atoms with Crippen molar-refractivity contribution in [1.82, 2.24) is 19.7 Å². The van der Waals surface area contributed by atoms with E-state index in [-0.39, 0.29) is 17.1 Å². The lowest BCUT2D eigenvalue weighted by Crippen LogP contribution is -2.59. The smallest absolute Gasteiger partial charge is 0.245 e. The van der Waals surface area contributed by atoms with Gasteiger partial charge in [0.1, 0.15) is 11.6 Å². The first-order valence-electron chi connectivity index (χ1n) is 12.2. The molecule has 2 saturated heterocycles. The molecule has 2 fully saturated rings. The minimum atomic E-state index is -0.245. The van der Waals surface area contributed by atoms with Gasteiger partial charge in [-0.15, -0.1) is 0 Å². The molecule has 2 aliphatic heterocycles. The fourth-order valence-electron chi connectivity index (χ4n) is 5.91. The number of amides is 1. The number of nitrogens with zero attached hydrogens (tertiary/aromatic N) is 5. The predicted molar refractivity (Wildman–Crippen MR) is 140 cm³/mol. The molecule has 1 amide bonds. The SMILES string of the molecule is C=CC(=O)N1CC2(CCN(c3nc4cc(-c5ccnn5C)ccc4c(-c4ccccc4F)c3C)C2)C1. The Hall–Kier alpha value is -4.00. The lowest BCUT2D eigenvalue weighted by atomic mass is 9.79. The van der Waals surface area contributed by atoms with Crippen molar-refractivity contribution in [1.29, 1.82) is 0 Å². The summed E-state index contributed by atoms with van der Waals surface area (Å²) in [6, 6.07) is 15.1. The second-order valence-electron chi connectivity index (χ2n) is 10.1. The Morgan fingerprint density at radius 2 is 1.94 bits per heavy atom. The number of hydrogen-bond acceptors (Lipinski definition) is 4. The molecule has 6 rings (SSSR count). The molecule has 4 heterocycles. The van der Waals surface area contributed by atoms with E-state index in [9.17, 15) is 4.79 Å². The number of likely N-dealkylation sites (tertiary alicyclic amines) is 1. The molecule has 0 bridgehead atoms. The number of pyridine rings is 1. The quantitative estimate of drug-likeness (QED) is 0.386. The summed E-state index contributed by atoms with van der Waals surface area (Å²) in [6.45, 7) is 8.81. The fraction of sp³-hybridized carbons (Fsp3) is 0.276. The summed E-state index contributed by atoms with van der Waals surface area (Å²) in [7, 11) is 1.92. The lowest BCUT2D eigenvalue weighted by molar-refractivity contribution is -0.136. The zero-order valence-electron chi connectivity index (χ0n) is 20.5. The number of aryl methyl sites for hydroxylation is 1. The Morgan fingerprint density at radius 3 is 2.67 bits per heavy atom. The van der Waals surface area contributed by atoms with E-state index in [1.54, 1.807) is 12.3 Å². The maximum atomic E-state index is 15.1. The molecule has 0 aliphatic carbocycles. The molecule has 0 N–H and O–H groups in total. The van der Waals surface area contributed by atoms with Crippen LogP contribution in [0, 0.1) is 18.2 Å². The zero-order chi connectivity index (χ0) is 25.0. The number of carbonyl (C=O) groups is 1. The van der Waals surface area contributed by atoms with Gasteiger partial charge < -0.3 is 9.80 Å². The number of hydrogen-bond donors (Lipinski definition) is 0. The van der Waals surface area contributed by atoms with Crippen molar-refractivity contribution in [2.45, 2.75) is 13.3 Å². The molecule has 2 aromatic heterocycles.